The van der Waals surface area contributed by atoms with Gasteiger partial charge in [-0.3, -0.25) is 4.79 Å². The lowest BCUT2D eigenvalue weighted by molar-refractivity contribution is -0.125. The number of piperidine rings is 1. The maximum Gasteiger partial charge on any atom is 0.224 e. The zero-order valence-corrected chi connectivity index (χ0v) is 14.7. The molecule has 2 aromatic rings. The van der Waals surface area contributed by atoms with Gasteiger partial charge in [-0.1, -0.05) is 12.1 Å². The third-order valence-corrected chi connectivity index (χ3v) is 4.11. The highest BCUT2D eigenvalue weighted by Crippen LogP contribution is 2.22. The van der Waals surface area contributed by atoms with Crippen LogP contribution in [0.15, 0.2) is 48.5 Å². The fourth-order valence-corrected chi connectivity index (χ4v) is 2.72. The number of carbonyl (C=O) groups is 1. The molecule has 1 amide bonds. The molecule has 3 rings (SSSR count). The monoisotopic (exact) mass is 364 g/mol. The molecule has 0 unspecified atom stereocenters. The summed E-state index contributed by atoms with van der Waals surface area (Å²) in [6.45, 7) is 2.27. The van der Waals surface area contributed by atoms with Gasteiger partial charge in [0.25, 0.3) is 0 Å². The van der Waals surface area contributed by atoms with Crippen molar-refractivity contribution in [1.29, 1.82) is 0 Å². The van der Waals surface area contributed by atoms with Crippen molar-refractivity contribution in [2.24, 2.45) is 5.92 Å². The van der Waals surface area contributed by atoms with Crippen LogP contribution in [0.4, 0.5) is 4.39 Å². The quantitative estimate of drug-likeness (QED) is 0.851. The fraction of sp³-hybridized carbons (Fsp3) is 0.316. The van der Waals surface area contributed by atoms with Gasteiger partial charge in [0.2, 0.25) is 5.91 Å². The van der Waals surface area contributed by atoms with Crippen LogP contribution in [0.3, 0.4) is 0 Å². The normalized spacial score (nSPS) is 16.6. The Morgan fingerprint density at radius 1 is 1.12 bits per heavy atom. The van der Waals surface area contributed by atoms with Crippen molar-refractivity contribution in [2.75, 3.05) is 13.1 Å². The van der Waals surface area contributed by atoms with E-state index < -0.39 is 0 Å². The highest BCUT2D eigenvalue weighted by Gasteiger charge is 2.20. The van der Waals surface area contributed by atoms with E-state index >= 15 is 0 Å². The zero-order valence-electron chi connectivity index (χ0n) is 13.8. The molecular weight excluding hydrogens is 343 g/mol. The number of benzene rings is 2. The first-order valence-electron chi connectivity index (χ1n) is 8.21. The number of hydrogen-bond acceptors (Lipinski definition) is 3. The summed E-state index contributed by atoms with van der Waals surface area (Å²) in [5.74, 6) is 1.14. The molecular formula is C19H22ClFN2O2. The van der Waals surface area contributed by atoms with E-state index in [2.05, 4.69) is 10.6 Å². The summed E-state index contributed by atoms with van der Waals surface area (Å²) in [5, 5.41) is 6.23. The molecule has 1 saturated heterocycles. The Labute approximate surface area is 153 Å². The van der Waals surface area contributed by atoms with Crippen molar-refractivity contribution < 1.29 is 13.9 Å². The molecule has 4 nitrogen and oxygen atoms in total. The molecule has 2 aromatic carbocycles. The van der Waals surface area contributed by atoms with Crippen LogP contribution in [0.25, 0.3) is 0 Å². The van der Waals surface area contributed by atoms with Crippen LogP contribution in [0.2, 0.25) is 0 Å². The Kier molecular flexibility index (Phi) is 7.22. The SMILES string of the molecule is Cl.O=C(NCc1ccc(Oc2ccc(F)cc2)cc1)[C@@H]1CCCNC1. The first-order chi connectivity index (χ1) is 11.7. The standard InChI is InChI=1S/C19H21FN2O2.ClH/c20-16-5-9-18(10-6-16)24-17-7-3-14(4-8-17)12-22-19(23)15-2-1-11-21-13-15;/h3-10,15,21H,1-2,11-13H2,(H,22,23);1H/t15-;/m1./s1. The van der Waals surface area contributed by atoms with E-state index in [9.17, 15) is 9.18 Å². The van der Waals surface area contributed by atoms with Crippen LogP contribution in [0.1, 0.15) is 18.4 Å². The molecule has 134 valence electrons. The van der Waals surface area contributed by atoms with E-state index in [0.717, 1.165) is 31.5 Å². The molecule has 0 aliphatic carbocycles. The molecule has 2 N–H and O–H groups in total. The first kappa shape index (κ1) is 19.2. The van der Waals surface area contributed by atoms with Crippen molar-refractivity contribution in [3.63, 3.8) is 0 Å². The highest BCUT2D eigenvalue weighted by atomic mass is 35.5. The van der Waals surface area contributed by atoms with Gasteiger partial charge in [0.05, 0.1) is 5.92 Å². The Bertz CT molecular complexity index is 671. The van der Waals surface area contributed by atoms with Crippen LogP contribution in [-0.2, 0) is 11.3 Å². The number of amides is 1. The lowest BCUT2D eigenvalue weighted by atomic mass is 9.99. The Morgan fingerprint density at radius 3 is 2.36 bits per heavy atom. The van der Waals surface area contributed by atoms with Crippen molar-refractivity contribution in [3.8, 4) is 11.5 Å². The third-order valence-electron chi connectivity index (χ3n) is 4.11. The molecule has 6 heteroatoms. The number of hydrogen-bond donors (Lipinski definition) is 2. The number of rotatable bonds is 5. The van der Waals surface area contributed by atoms with Crippen LogP contribution >= 0.6 is 12.4 Å². The van der Waals surface area contributed by atoms with E-state index in [1.807, 2.05) is 24.3 Å². The maximum atomic E-state index is 12.9. The molecule has 0 radical (unpaired) electrons. The van der Waals surface area contributed by atoms with Gasteiger partial charge in [0, 0.05) is 13.1 Å². The summed E-state index contributed by atoms with van der Waals surface area (Å²) in [5.41, 5.74) is 1.01. The summed E-state index contributed by atoms with van der Waals surface area (Å²) >= 11 is 0. The fourth-order valence-electron chi connectivity index (χ4n) is 2.72. The van der Waals surface area contributed by atoms with Crippen molar-refractivity contribution in [1.82, 2.24) is 10.6 Å². The summed E-state index contributed by atoms with van der Waals surface area (Å²) < 4.78 is 18.5. The third kappa shape index (κ3) is 5.73. The van der Waals surface area contributed by atoms with Gasteiger partial charge in [-0.25, -0.2) is 4.39 Å². The smallest absolute Gasteiger partial charge is 0.224 e. The van der Waals surface area contributed by atoms with Gasteiger partial charge in [-0.15, -0.1) is 12.4 Å². The summed E-state index contributed by atoms with van der Waals surface area (Å²) in [4.78, 5) is 12.1. The predicted molar refractivity (Wildman–Crippen MR) is 97.6 cm³/mol. The topological polar surface area (TPSA) is 50.4 Å². The van der Waals surface area contributed by atoms with Crippen LogP contribution in [0.5, 0.6) is 11.5 Å². The average molecular weight is 365 g/mol. The second-order valence-electron chi connectivity index (χ2n) is 5.96. The minimum absolute atomic E-state index is 0. The lowest BCUT2D eigenvalue weighted by Crippen LogP contribution is -2.40. The lowest BCUT2D eigenvalue weighted by Gasteiger charge is -2.21. The van der Waals surface area contributed by atoms with Crippen LogP contribution in [0, 0.1) is 11.7 Å². The van der Waals surface area contributed by atoms with E-state index in [4.69, 9.17) is 4.74 Å². The number of ether oxygens (including phenoxy) is 1. The number of carbonyl (C=O) groups excluding carboxylic acids is 1. The van der Waals surface area contributed by atoms with Gasteiger partial charge < -0.3 is 15.4 Å². The molecule has 1 heterocycles. The Hall–Kier alpha value is -2.11. The number of nitrogens with one attached hydrogen (secondary N) is 2. The second-order valence-corrected chi connectivity index (χ2v) is 5.96. The van der Waals surface area contributed by atoms with Crippen molar-refractivity contribution >= 4 is 18.3 Å². The van der Waals surface area contributed by atoms with Crippen LogP contribution < -0.4 is 15.4 Å². The minimum Gasteiger partial charge on any atom is -0.457 e. The average Bonchev–Trinajstić information content (AvgIpc) is 2.63. The van der Waals surface area contributed by atoms with E-state index in [1.54, 1.807) is 12.1 Å². The van der Waals surface area contributed by atoms with Gasteiger partial charge in [-0.2, -0.15) is 0 Å². The molecule has 25 heavy (non-hydrogen) atoms. The first-order valence-corrected chi connectivity index (χ1v) is 8.21. The molecule has 1 atom stereocenters. The Balaban J connectivity index is 0.00000225. The van der Waals surface area contributed by atoms with E-state index in [-0.39, 0.29) is 30.0 Å². The maximum absolute atomic E-state index is 12.9. The molecule has 0 saturated carbocycles. The zero-order chi connectivity index (χ0) is 16.8. The van der Waals surface area contributed by atoms with Gasteiger partial charge >= 0.3 is 0 Å². The molecule has 0 aromatic heterocycles. The summed E-state index contributed by atoms with van der Waals surface area (Å²) in [7, 11) is 0. The highest BCUT2D eigenvalue weighted by molar-refractivity contribution is 5.85. The second kappa shape index (κ2) is 9.39. The molecule has 0 spiro atoms. The summed E-state index contributed by atoms with van der Waals surface area (Å²) in [6, 6.07) is 13.4. The number of halogens is 2. The van der Waals surface area contributed by atoms with Gasteiger partial charge in [0.1, 0.15) is 17.3 Å². The van der Waals surface area contributed by atoms with E-state index in [1.165, 1.54) is 12.1 Å². The summed E-state index contributed by atoms with van der Waals surface area (Å²) in [6.07, 6.45) is 2.00. The molecule has 0 bridgehead atoms. The molecule has 1 aliphatic rings. The minimum atomic E-state index is -0.290. The van der Waals surface area contributed by atoms with Crippen molar-refractivity contribution in [2.45, 2.75) is 19.4 Å². The molecule has 1 fully saturated rings. The van der Waals surface area contributed by atoms with Gasteiger partial charge in [-0.05, 0) is 61.3 Å². The Morgan fingerprint density at radius 2 is 1.76 bits per heavy atom. The molecule has 1 aliphatic heterocycles. The largest absolute Gasteiger partial charge is 0.457 e. The van der Waals surface area contributed by atoms with E-state index in [0.29, 0.717) is 18.0 Å². The van der Waals surface area contributed by atoms with Gasteiger partial charge in [0.15, 0.2) is 0 Å². The van der Waals surface area contributed by atoms with Crippen molar-refractivity contribution in [3.05, 3.63) is 59.9 Å². The van der Waals surface area contributed by atoms with Crippen LogP contribution in [-0.4, -0.2) is 19.0 Å². The predicted octanol–water partition coefficient (Wildman–Crippen LogP) is 3.66.